The van der Waals surface area contributed by atoms with Crippen molar-refractivity contribution in [2.75, 3.05) is 4.90 Å². The molecule has 1 fully saturated rings. The minimum absolute atomic E-state index is 0.402. The quantitative estimate of drug-likeness (QED) is 0.836. The Hall–Kier alpha value is -1.10. The van der Waals surface area contributed by atoms with E-state index >= 15 is 0 Å². The summed E-state index contributed by atoms with van der Waals surface area (Å²) in [7, 11) is 0. The molecule has 0 radical (unpaired) electrons. The zero-order valence-electron chi connectivity index (χ0n) is 10.9. The van der Waals surface area contributed by atoms with Crippen LogP contribution in [0.1, 0.15) is 23.3 Å². The molecule has 2 N–H and O–H groups in total. The van der Waals surface area contributed by atoms with E-state index in [4.69, 9.17) is 29.6 Å². The fourth-order valence-electron chi connectivity index (χ4n) is 2.32. The normalized spacial score (nSPS) is 14.2. The van der Waals surface area contributed by atoms with Crippen LogP contribution in [0.15, 0.2) is 35.7 Å². The lowest BCUT2D eigenvalue weighted by molar-refractivity contribution is 0.803. The Morgan fingerprint density at radius 3 is 2.80 bits per heavy atom. The molecular weight excluding hydrogens is 308 g/mol. The lowest BCUT2D eigenvalue weighted by atomic mass is 10.1. The number of thiocarbonyl (C=S) groups is 1. The number of rotatable bonds is 5. The fourth-order valence-corrected chi connectivity index (χ4v) is 3.36. The Morgan fingerprint density at radius 2 is 2.20 bits per heavy atom. The molecule has 1 aliphatic carbocycles. The summed E-state index contributed by atoms with van der Waals surface area (Å²) in [6.45, 7) is 0.902. The molecule has 1 saturated carbocycles. The van der Waals surface area contributed by atoms with Gasteiger partial charge in [-0.2, -0.15) is 0 Å². The van der Waals surface area contributed by atoms with Crippen LogP contribution in [0.25, 0.3) is 0 Å². The molecule has 20 heavy (non-hydrogen) atoms. The number of hydrogen-bond donors (Lipinski definition) is 1. The highest BCUT2D eigenvalue weighted by Crippen LogP contribution is 2.36. The van der Waals surface area contributed by atoms with Gasteiger partial charge in [0.25, 0.3) is 0 Å². The highest BCUT2D eigenvalue weighted by Gasteiger charge is 2.31. The molecule has 0 spiro atoms. The van der Waals surface area contributed by atoms with Gasteiger partial charge in [0.15, 0.2) is 0 Å². The molecule has 1 aromatic heterocycles. The first-order valence-corrected chi connectivity index (χ1v) is 8.20. The highest BCUT2D eigenvalue weighted by molar-refractivity contribution is 7.80. The standard InChI is InChI=1S/C15H15ClN2S2/c16-10-3-6-14(13(8-10)15(17)19)18(11-4-5-11)9-12-2-1-7-20-12/h1-3,6-8,11H,4-5,9H2,(H2,17,19). The van der Waals surface area contributed by atoms with Gasteiger partial charge >= 0.3 is 0 Å². The Bertz CT molecular complexity index is 621. The lowest BCUT2D eigenvalue weighted by Gasteiger charge is -2.26. The van der Waals surface area contributed by atoms with Crippen molar-refractivity contribution in [2.24, 2.45) is 5.73 Å². The zero-order valence-corrected chi connectivity index (χ0v) is 13.3. The zero-order chi connectivity index (χ0) is 14.1. The SMILES string of the molecule is NC(=S)c1cc(Cl)ccc1N(Cc1cccs1)C1CC1. The summed E-state index contributed by atoms with van der Waals surface area (Å²) in [6, 6.07) is 10.6. The summed E-state index contributed by atoms with van der Waals surface area (Å²) in [6.07, 6.45) is 2.45. The molecular formula is C15H15ClN2S2. The number of thiophene rings is 1. The van der Waals surface area contributed by atoms with Gasteiger partial charge in [0, 0.05) is 27.2 Å². The van der Waals surface area contributed by atoms with Crippen LogP contribution >= 0.6 is 35.2 Å². The van der Waals surface area contributed by atoms with Gasteiger partial charge in [0.1, 0.15) is 4.99 Å². The third kappa shape index (κ3) is 2.97. The maximum absolute atomic E-state index is 6.07. The van der Waals surface area contributed by atoms with E-state index in [-0.39, 0.29) is 0 Å². The number of benzene rings is 1. The van der Waals surface area contributed by atoms with Crippen LogP contribution in [0.3, 0.4) is 0 Å². The van der Waals surface area contributed by atoms with E-state index in [1.165, 1.54) is 17.7 Å². The third-order valence-electron chi connectivity index (χ3n) is 3.43. The van der Waals surface area contributed by atoms with E-state index in [1.54, 1.807) is 11.3 Å². The van der Waals surface area contributed by atoms with Crippen molar-refractivity contribution in [1.29, 1.82) is 0 Å². The van der Waals surface area contributed by atoms with Crippen LogP contribution in [0, 0.1) is 0 Å². The van der Waals surface area contributed by atoms with E-state index in [2.05, 4.69) is 22.4 Å². The van der Waals surface area contributed by atoms with Gasteiger partial charge in [-0.15, -0.1) is 11.3 Å². The second-order valence-electron chi connectivity index (χ2n) is 4.96. The minimum atomic E-state index is 0.402. The maximum Gasteiger partial charge on any atom is 0.106 e. The van der Waals surface area contributed by atoms with Gasteiger partial charge in [0.2, 0.25) is 0 Å². The largest absolute Gasteiger partial charge is 0.389 e. The number of nitrogens with two attached hydrogens (primary N) is 1. The Balaban J connectivity index is 1.97. The average Bonchev–Trinajstić information content (AvgIpc) is 3.13. The fraction of sp³-hybridized carbons (Fsp3) is 0.267. The van der Waals surface area contributed by atoms with Crippen LogP contribution in [-0.4, -0.2) is 11.0 Å². The first-order valence-electron chi connectivity index (χ1n) is 6.53. The van der Waals surface area contributed by atoms with E-state index in [1.807, 2.05) is 18.2 Å². The number of nitrogens with zero attached hydrogens (tertiary/aromatic N) is 1. The van der Waals surface area contributed by atoms with E-state index in [0.717, 1.165) is 17.8 Å². The van der Waals surface area contributed by atoms with Crippen LogP contribution in [0.5, 0.6) is 0 Å². The minimum Gasteiger partial charge on any atom is -0.389 e. The highest BCUT2D eigenvalue weighted by atomic mass is 35.5. The summed E-state index contributed by atoms with van der Waals surface area (Å²) in [5.41, 5.74) is 7.83. The number of halogens is 1. The molecule has 1 heterocycles. The van der Waals surface area contributed by atoms with Crippen molar-refractivity contribution in [2.45, 2.75) is 25.4 Å². The Morgan fingerprint density at radius 1 is 1.40 bits per heavy atom. The molecule has 2 aromatic rings. The van der Waals surface area contributed by atoms with Gasteiger partial charge in [-0.1, -0.05) is 29.9 Å². The number of anilines is 1. The van der Waals surface area contributed by atoms with Crippen molar-refractivity contribution in [3.05, 3.63) is 51.2 Å². The molecule has 3 rings (SSSR count). The van der Waals surface area contributed by atoms with Crippen LogP contribution in [0.2, 0.25) is 5.02 Å². The summed E-state index contributed by atoms with van der Waals surface area (Å²) < 4.78 is 0. The second-order valence-corrected chi connectivity index (χ2v) is 6.87. The predicted octanol–water partition coefficient (Wildman–Crippen LogP) is 4.20. The van der Waals surface area contributed by atoms with Crippen molar-refractivity contribution < 1.29 is 0 Å². The molecule has 5 heteroatoms. The molecule has 0 aliphatic heterocycles. The van der Waals surface area contributed by atoms with E-state index in [0.29, 0.717) is 16.1 Å². The molecule has 104 valence electrons. The number of hydrogen-bond acceptors (Lipinski definition) is 3. The summed E-state index contributed by atoms with van der Waals surface area (Å²) in [5.74, 6) is 0. The van der Waals surface area contributed by atoms with Gasteiger partial charge in [-0.25, -0.2) is 0 Å². The van der Waals surface area contributed by atoms with Gasteiger partial charge in [-0.3, -0.25) is 0 Å². The summed E-state index contributed by atoms with van der Waals surface area (Å²) >= 11 is 13.0. The molecule has 0 bridgehead atoms. The van der Waals surface area contributed by atoms with Crippen LogP contribution in [0.4, 0.5) is 5.69 Å². The van der Waals surface area contributed by atoms with E-state index < -0.39 is 0 Å². The molecule has 2 nitrogen and oxygen atoms in total. The first-order chi connectivity index (χ1) is 9.65. The molecule has 1 aliphatic rings. The van der Waals surface area contributed by atoms with Gasteiger partial charge < -0.3 is 10.6 Å². The molecule has 0 saturated heterocycles. The third-order valence-corrected chi connectivity index (χ3v) is 4.74. The topological polar surface area (TPSA) is 29.3 Å². The smallest absolute Gasteiger partial charge is 0.106 e. The molecule has 0 unspecified atom stereocenters. The predicted molar refractivity (Wildman–Crippen MR) is 90.9 cm³/mol. The van der Waals surface area contributed by atoms with Crippen molar-refractivity contribution in [3.63, 3.8) is 0 Å². The Kier molecular flexibility index (Phi) is 3.96. The molecule has 0 amide bonds. The monoisotopic (exact) mass is 322 g/mol. The second kappa shape index (κ2) is 5.72. The lowest BCUT2D eigenvalue weighted by Crippen LogP contribution is -2.27. The first kappa shape index (κ1) is 13.9. The summed E-state index contributed by atoms with van der Waals surface area (Å²) in [4.78, 5) is 4.15. The van der Waals surface area contributed by atoms with Crippen LogP contribution in [-0.2, 0) is 6.54 Å². The Labute approximate surface area is 133 Å². The van der Waals surface area contributed by atoms with Crippen molar-refractivity contribution in [1.82, 2.24) is 0 Å². The van der Waals surface area contributed by atoms with Crippen molar-refractivity contribution in [3.8, 4) is 0 Å². The van der Waals surface area contributed by atoms with Gasteiger partial charge in [-0.05, 0) is 42.5 Å². The van der Waals surface area contributed by atoms with E-state index in [9.17, 15) is 0 Å². The van der Waals surface area contributed by atoms with Crippen molar-refractivity contribution >= 4 is 45.8 Å². The average molecular weight is 323 g/mol. The maximum atomic E-state index is 6.07. The van der Waals surface area contributed by atoms with Gasteiger partial charge in [0.05, 0.1) is 6.54 Å². The van der Waals surface area contributed by atoms with Crippen LogP contribution < -0.4 is 10.6 Å². The molecule has 0 atom stereocenters. The summed E-state index contributed by atoms with van der Waals surface area (Å²) in [5, 5.41) is 2.78. The molecule has 1 aromatic carbocycles.